The summed E-state index contributed by atoms with van der Waals surface area (Å²) in [6.45, 7) is 17.3. The van der Waals surface area contributed by atoms with Crippen molar-refractivity contribution in [2.45, 2.75) is 60.8 Å². The van der Waals surface area contributed by atoms with E-state index < -0.39 is 5.41 Å². The van der Waals surface area contributed by atoms with Gasteiger partial charge in [0.2, 0.25) is 0 Å². The zero-order chi connectivity index (χ0) is 42.4. The molecule has 0 aliphatic carbocycles. The Morgan fingerprint density at radius 1 is 0.441 bits per heavy atom. The highest BCUT2D eigenvalue weighted by Gasteiger charge is 2.28. The molecular weight excluding hydrogens is 729 g/mol. The van der Waals surface area contributed by atoms with Crippen LogP contribution < -0.4 is 18.9 Å². The summed E-state index contributed by atoms with van der Waals surface area (Å²) in [5, 5.41) is 0. The molecule has 0 amide bonds. The first-order valence-corrected chi connectivity index (χ1v) is 19.8. The SMILES string of the molecule is COc1ccccc1N=C=C(c1cc(C(C)(C)c2ccc(OC)c(C(=C=Nc3ccccc3OC)c3c(C)cc(C)cc3C)c2)ccc1OC)c1c(C)cc(C)cc1C. The van der Waals surface area contributed by atoms with Crippen molar-refractivity contribution < 1.29 is 18.9 Å². The minimum atomic E-state index is -0.493. The summed E-state index contributed by atoms with van der Waals surface area (Å²) in [4.78, 5) is 9.80. The summed E-state index contributed by atoms with van der Waals surface area (Å²) < 4.78 is 23.5. The number of aryl methyl sites for hydroxylation is 6. The molecule has 0 spiro atoms. The van der Waals surface area contributed by atoms with Crippen LogP contribution in [-0.4, -0.2) is 40.2 Å². The zero-order valence-corrected chi connectivity index (χ0v) is 36.4. The molecule has 0 fully saturated rings. The van der Waals surface area contributed by atoms with Crippen LogP contribution in [0.25, 0.3) is 11.1 Å². The predicted octanol–water partition coefficient (Wildman–Crippen LogP) is 12.8. The van der Waals surface area contributed by atoms with Gasteiger partial charge in [-0.25, -0.2) is 9.98 Å². The van der Waals surface area contributed by atoms with Gasteiger partial charge in [-0.2, -0.15) is 0 Å². The molecule has 0 saturated heterocycles. The quantitative estimate of drug-likeness (QED) is 0.116. The average Bonchev–Trinajstić information content (AvgIpc) is 3.22. The van der Waals surface area contributed by atoms with E-state index in [2.05, 4.69) is 116 Å². The van der Waals surface area contributed by atoms with Crippen molar-refractivity contribution in [3.63, 3.8) is 0 Å². The maximum absolute atomic E-state index is 6.09. The number of rotatable bonds is 12. The summed E-state index contributed by atoms with van der Waals surface area (Å²) in [5.41, 5.74) is 15.5. The van der Waals surface area contributed by atoms with Gasteiger partial charge in [-0.3, -0.25) is 0 Å². The van der Waals surface area contributed by atoms with Crippen LogP contribution in [0.5, 0.6) is 23.0 Å². The van der Waals surface area contributed by atoms with Gasteiger partial charge in [0.25, 0.3) is 0 Å². The van der Waals surface area contributed by atoms with Gasteiger partial charge in [-0.1, -0.05) is 85.6 Å². The summed E-state index contributed by atoms with van der Waals surface area (Å²) in [5.74, 6) is 9.75. The number of ether oxygens (including phenoxy) is 4. The number of aliphatic imine (C=N–C) groups is 2. The van der Waals surface area contributed by atoms with E-state index in [1.54, 1.807) is 28.4 Å². The molecule has 6 aromatic rings. The van der Waals surface area contributed by atoms with Crippen molar-refractivity contribution in [1.82, 2.24) is 0 Å². The van der Waals surface area contributed by atoms with E-state index in [9.17, 15) is 0 Å². The van der Waals surface area contributed by atoms with Crippen LogP contribution in [0.1, 0.15) is 80.6 Å². The third-order valence-electron chi connectivity index (χ3n) is 11.0. The monoisotopic (exact) mass is 782 g/mol. The van der Waals surface area contributed by atoms with Crippen LogP contribution in [0, 0.1) is 41.5 Å². The molecule has 0 heterocycles. The first kappa shape index (κ1) is 42.0. The maximum atomic E-state index is 6.09. The van der Waals surface area contributed by atoms with E-state index >= 15 is 0 Å². The van der Waals surface area contributed by atoms with Crippen LogP contribution in [-0.2, 0) is 5.41 Å². The Labute approximate surface area is 350 Å². The molecule has 0 aliphatic heterocycles. The fourth-order valence-electron chi connectivity index (χ4n) is 8.08. The summed E-state index contributed by atoms with van der Waals surface area (Å²) in [6.07, 6.45) is 0. The van der Waals surface area contributed by atoms with Crippen molar-refractivity contribution >= 4 is 34.3 Å². The second-order valence-electron chi connectivity index (χ2n) is 15.5. The van der Waals surface area contributed by atoms with Gasteiger partial charge in [-0.05, 0) is 146 Å². The Kier molecular flexibility index (Phi) is 12.8. The molecule has 0 unspecified atom stereocenters. The van der Waals surface area contributed by atoms with Gasteiger partial charge >= 0.3 is 0 Å². The fraction of sp³-hybridized carbons (Fsp3) is 0.245. The van der Waals surface area contributed by atoms with E-state index in [0.29, 0.717) is 22.9 Å². The lowest BCUT2D eigenvalue weighted by atomic mass is 9.75. The highest BCUT2D eigenvalue weighted by atomic mass is 16.5. The number of hydrogen-bond acceptors (Lipinski definition) is 6. The maximum Gasteiger partial charge on any atom is 0.145 e. The zero-order valence-electron chi connectivity index (χ0n) is 36.4. The molecule has 0 aromatic heterocycles. The van der Waals surface area contributed by atoms with E-state index in [0.717, 1.165) is 78.3 Å². The summed E-state index contributed by atoms with van der Waals surface area (Å²) in [7, 11) is 6.72. The van der Waals surface area contributed by atoms with Crippen molar-refractivity contribution in [1.29, 1.82) is 0 Å². The molecule has 300 valence electrons. The molecule has 6 aromatic carbocycles. The Morgan fingerprint density at radius 2 is 0.780 bits per heavy atom. The second kappa shape index (κ2) is 17.9. The molecule has 0 aliphatic rings. The molecule has 0 saturated carbocycles. The molecule has 0 N–H and O–H groups in total. The van der Waals surface area contributed by atoms with Crippen LogP contribution in [0.4, 0.5) is 11.4 Å². The van der Waals surface area contributed by atoms with E-state index in [1.165, 1.54) is 11.1 Å². The van der Waals surface area contributed by atoms with Crippen LogP contribution in [0.15, 0.2) is 119 Å². The van der Waals surface area contributed by atoms with Gasteiger partial charge in [0.05, 0.1) is 39.6 Å². The molecule has 0 bridgehead atoms. The molecule has 0 atom stereocenters. The number of hydrogen-bond donors (Lipinski definition) is 0. The normalized spacial score (nSPS) is 10.9. The first-order valence-electron chi connectivity index (χ1n) is 19.8. The van der Waals surface area contributed by atoms with Gasteiger partial charge in [0, 0.05) is 16.5 Å². The second-order valence-corrected chi connectivity index (χ2v) is 15.5. The van der Waals surface area contributed by atoms with E-state index in [1.807, 2.05) is 60.7 Å². The van der Waals surface area contributed by atoms with Gasteiger partial charge in [0.1, 0.15) is 34.4 Å². The fourth-order valence-corrected chi connectivity index (χ4v) is 8.08. The van der Waals surface area contributed by atoms with Gasteiger partial charge < -0.3 is 18.9 Å². The number of methoxy groups -OCH3 is 4. The Balaban J connectivity index is 1.59. The van der Waals surface area contributed by atoms with Crippen molar-refractivity contribution in [3.05, 3.63) is 176 Å². The molecule has 6 nitrogen and oxygen atoms in total. The van der Waals surface area contributed by atoms with E-state index in [4.69, 9.17) is 28.9 Å². The number of nitrogens with zero attached hydrogens (tertiary/aromatic N) is 2. The lowest BCUT2D eigenvalue weighted by Crippen LogP contribution is -2.20. The highest BCUT2D eigenvalue weighted by Crippen LogP contribution is 2.42. The summed E-state index contributed by atoms with van der Waals surface area (Å²) in [6, 6.07) is 37.1. The summed E-state index contributed by atoms with van der Waals surface area (Å²) >= 11 is 0. The standard InChI is InChI=1S/C53H54N2O4/c1-33-25-35(3)51(36(4)26-33)43(31-54-45-17-13-15-19-49(45)58-11)41-29-39(21-23-47(41)56-9)53(7,8)40-22-24-48(57-10)42(30-40)44(52-37(5)27-34(2)28-38(52)6)32-55-46-18-14-16-20-50(46)59-12/h13-30H,1-12H3. The van der Waals surface area contributed by atoms with Crippen molar-refractivity contribution in [2.24, 2.45) is 9.98 Å². The van der Waals surface area contributed by atoms with Crippen LogP contribution in [0.2, 0.25) is 0 Å². The smallest absolute Gasteiger partial charge is 0.145 e. The molecule has 59 heavy (non-hydrogen) atoms. The van der Waals surface area contributed by atoms with Crippen molar-refractivity contribution in [3.8, 4) is 23.0 Å². The number of para-hydroxylation sites is 4. The average molecular weight is 783 g/mol. The largest absolute Gasteiger partial charge is 0.496 e. The van der Waals surface area contributed by atoms with Crippen LogP contribution in [0.3, 0.4) is 0 Å². The Morgan fingerprint density at radius 3 is 1.12 bits per heavy atom. The van der Waals surface area contributed by atoms with Crippen LogP contribution >= 0.6 is 0 Å². The third kappa shape index (κ3) is 8.81. The molecular formula is C53H54N2O4. The van der Waals surface area contributed by atoms with Crippen molar-refractivity contribution in [2.75, 3.05) is 28.4 Å². The lowest BCUT2D eigenvalue weighted by Gasteiger charge is -2.29. The first-order chi connectivity index (χ1) is 28.3. The van der Waals surface area contributed by atoms with Gasteiger partial charge in [0.15, 0.2) is 0 Å². The minimum absolute atomic E-state index is 0.493. The predicted molar refractivity (Wildman–Crippen MR) is 245 cm³/mol. The molecule has 6 rings (SSSR count). The molecule has 0 radical (unpaired) electrons. The Bertz CT molecular complexity index is 2440. The lowest BCUT2D eigenvalue weighted by molar-refractivity contribution is 0.412. The highest BCUT2D eigenvalue weighted by molar-refractivity contribution is 6.04. The van der Waals surface area contributed by atoms with E-state index in [-0.39, 0.29) is 0 Å². The topological polar surface area (TPSA) is 61.6 Å². The van der Waals surface area contributed by atoms with Gasteiger partial charge in [-0.15, -0.1) is 0 Å². The number of benzene rings is 6. The third-order valence-corrected chi connectivity index (χ3v) is 11.0. The Hall–Kier alpha value is -6.58. The molecule has 6 heteroatoms. The minimum Gasteiger partial charge on any atom is -0.496 e.